The van der Waals surface area contributed by atoms with E-state index in [4.69, 9.17) is 11.1 Å². The van der Waals surface area contributed by atoms with E-state index in [-0.39, 0.29) is 35.6 Å². The standard InChI is InChI=1S/C13H11F2N9O/c14-12(15)11-9(6-19-22-11)5-18-13(25)8-1-7(4-20-23-16)2-10(3-8)21-24-17/h1-3,6,12H,4-5H2,(H,18,25)(H,19,22). The lowest BCUT2D eigenvalue weighted by molar-refractivity contribution is 0.0949. The van der Waals surface area contributed by atoms with Crippen LogP contribution in [-0.2, 0) is 13.1 Å². The molecule has 2 rings (SSSR count). The molecule has 0 aliphatic heterocycles. The third-order valence-electron chi connectivity index (χ3n) is 3.13. The molecule has 0 atom stereocenters. The van der Waals surface area contributed by atoms with Gasteiger partial charge in [0.05, 0.1) is 12.7 Å². The summed E-state index contributed by atoms with van der Waals surface area (Å²) in [4.78, 5) is 17.5. The molecular weight excluding hydrogens is 336 g/mol. The zero-order valence-corrected chi connectivity index (χ0v) is 12.6. The fraction of sp³-hybridized carbons (Fsp3) is 0.231. The van der Waals surface area contributed by atoms with Crippen molar-refractivity contribution in [3.8, 4) is 0 Å². The lowest BCUT2D eigenvalue weighted by Crippen LogP contribution is -2.23. The summed E-state index contributed by atoms with van der Waals surface area (Å²) in [6, 6.07) is 4.25. The van der Waals surface area contributed by atoms with Gasteiger partial charge >= 0.3 is 0 Å². The van der Waals surface area contributed by atoms with Crippen LogP contribution in [0.25, 0.3) is 20.9 Å². The Morgan fingerprint density at radius 3 is 2.80 bits per heavy atom. The number of benzene rings is 1. The molecule has 2 aromatic rings. The van der Waals surface area contributed by atoms with E-state index < -0.39 is 12.3 Å². The maximum Gasteiger partial charge on any atom is 0.280 e. The van der Waals surface area contributed by atoms with E-state index in [1.54, 1.807) is 0 Å². The summed E-state index contributed by atoms with van der Waals surface area (Å²) < 4.78 is 25.5. The fourth-order valence-corrected chi connectivity index (χ4v) is 2.05. The monoisotopic (exact) mass is 347 g/mol. The van der Waals surface area contributed by atoms with Gasteiger partial charge in [-0.1, -0.05) is 10.2 Å². The van der Waals surface area contributed by atoms with Gasteiger partial charge in [-0.2, -0.15) is 5.10 Å². The van der Waals surface area contributed by atoms with Gasteiger partial charge in [-0.3, -0.25) is 9.89 Å². The Hall–Kier alpha value is -3.62. The number of rotatable bonds is 7. The molecule has 0 aliphatic rings. The maximum absolute atomic E-state index is 12.7. The topological polar surface area (TPSA) is 155 Å². The molecular formula is C13H11F2N9O. The quantitative estimate of drug-likeness (QED) is 0.440. The molecule has 0 saturated heterocycles. The maximum atomic E-state index is 12.7. The molecule has 10 nitrogen and oxygen atoms in total. The Kier molecular flexibility index (Phi) is 5.88. The summed E-state index contributed by atoms with van der Waals surface area (Å²) in [6.07, 6.45) is -1.54. The van der Waals surface area contributed by atoms with E-state index in [0.29, 0.717) is 5.56 Å². The molecule has 0 bridgehead atoms. The highest BCUT2D eigenvalue weighted by molar-refractivity contribution is 5.95. The summed E-state index contributed by atoms with van der Waals surface area (Å²) in [5.74, 6) is -0.571. The zero-order valence-electron chi connectivity index (χ0n) is 12.6. The lowest BCUT2D eigenvalue weighted by Gasteiger charge is -2.08. The molecule has 1 aromatic carbocycles. The highest BCUT2D eigenvalue weighted by Crippen LogP contribution is 2.21. The number of halogens is 2. The number of carbonyl (C=O) groups excluding carboxylic acids is 1. The second kappa shape index (κ2) is 8.29. The van der Waals surface area contributed by atoms with Crippen molar-refractivity contribution < 1.29 is 13.6 Å². The average molecular weight is 347 g/mol. The minimum Gasteiger partial charge on any atom is -0.348 e. The second-order valence-corrected chi connectivity index (χ2v) is 4.76. The number of aromatic nitrogens is 2. The smallest absolute Gasteiger partial charge is 0.280 e. The van der Waals surface area contributed by atoms with E-state index >= 15 is 0 Å². The largest absolute Gasteiger partial charge is 0.348 e. The molecule has 12 heteroatoms. The Labute approximate surface area is 139 Å². The minimum atomic E-state index is -2.74. The van der Waals surface area contributed by atoms with E-state index in [1.807, 2.05) is 0 Å². The van der Waals surface area contributed by atoms with Crippen molar-refractivity contribution in [2.75, 3.05) is 0 Å². The molecule has 1 heterocycles. The van der Waals surface area contributed by atoms with Crippen LogP contribution in [0.2, 0.25) is 0 Å². The van der Waals surface area contributed by atoms with Crippen LogP contribution in [0.5, 0.6) is 0 Å². The van der Waals surface area contributed by atoms with Crippen molar-refractivity contribution in [1.29, 1.82) is 0 Å². The first-order chi connectivity index (χ1) is 12.0. The number of carbonyl (C=O) groups is 1. The fourth-order valence-electron chi connectivity index (χ4n) is 2.05. The molecule has 0 radical (unpaired) electrons. The van der Waals surface area contributed by atoms with Crippen LogP contribution in [0, 0.1) is 0 Å². The predicted octanol–water partition coefficient (Wildman–Crippen LogP) is 4.03. The first kappa shape index (κ1) is 17.7. The number of nitrogens with zero attached hydrogens (tertiary/aromatic N) is 7. The summed E-state index contributed by atoms with van der Waals surface area (Å²) in [7, 11) is 0. The van der Waals surface area contributed by atoms with Gasteiger partial charge in [0.25, 0.3) is 12.3 Å². The molecule has 1 amide bonds. The molecule has 0 aliphatic carbocycles. The van der Waals surface area contributed by atoms with Gasteiger partial charge in [-0.25, -0.2) is 8.78 Å². The molecule has 0 spiro atoms. The number of aromatic amines is 1. The van der Waals surface area contributed by atoms with Gasteiger partial charge < -0.3 is 5.32 Å². The van der Waals surface area contributed by atoms with Crippen LogP contribution in [0.4, 0.5) is 14.5 Å². The summed E-state index contributed by atoms with van der Waals surface area (Å²) in [5.41, 5.74) is 17.4. The SMILES string of the molecule is [N-]=[N+]=NCc1cc(N=[N+]=[N-])cc(C(=O)NCc2cn[nH]c2C(F)F)c1. The zero-order chi connectivity index (χ0) is 18.2. The van der Waals surface area contributed by atoms with E-state index in [0.717, 1.165) is 0 Å². The Balaban J connectivity index is 2.19. The van der Waals surface area contributed by atoms with Crippen molar-refractivity contribution in [3.05, 3.63) is 67.7 Å². The highest BCUT2D eigenvalue weighted by Gasteiger charge is 2.16. The van der Waals surface area contributed by atoms with Gasteiger partial charge in [0.1, 0.15) is 5.69 Å². The third kappa shape index (κ3) is 4.67. The number of azide groups is 2. The minimum absolute atomic E-state index is 0.0389. The van der Waals surface area contributed by atoms with Crippen LogP contribution in [0.1, 0.15) is 33.6 Å². The summed E-state index contributed by atoms with van der Waals surface area (Å²) in [6.45, 7) is -0.199. The van der Waals surface area contributed by atoms with E-state index in [2.05, 4.69) is 35.6 Å². The Bertz CT molecular complexity index is 866. The molecule has 0 saturated carbocycles. The van der Waals surface area contributed by atoms with Gasteiger partial charge in [0.15, 0.2) is 0 Å². The van der Waals surface area contributed by atoms with Crippen LogP contribution in [0.3, 0.4) is 0 Å². The highest BCUT2D eigenvalue weighted by atomic mass is 19.3. The van der Waals surface area contributed by atoms with Crippen molar-refractivity contribution in [1.82, 2.24) is 15.5 Å². The molecule has 25 heavy (non-hydrogen) atoms. The Morgan fingerprint density at radius 1 is 1.32 bits per heavy atom. The number of hydrogen-bond acceptors (Lipinski definition) is 4. The molecule has 0 fully saturated rings. The number of amides is 1. The second-order valence-electron chi connectivity index (χ2n) is 4.76. The normalized spacial score (nSPS) is 10.0. The van der Waals surface area contributed by atoms with Crippen molar-refractivity contribution in [2.24, 2.45) is 10.2 Å². The number of H-pyrrole nitrogens is 1. The summed E-state index contributed by atoms with van der Waals surface area (Å²) >= 11 is 0. The van der Waals surface area contributed by atoms with Gasteiger partial charge in [0, 0.05) is 33.2 Å². The van der Waals surface area contributed by atoms with Gasteiger partial charge in [0.2, 0.25) is 0 Å². The van der Waals surface area contributed by atoms with Crippen molar-refractivity contribution >= 4 is 11.6 Å². The molecule has 2 N–H and O–H groups in total. The molecule has 1 aromatic heterocycles. The van der Waals surface area contributed by atoms with Gasteiger partial charge in [-0.15, -0.1) is 0 Å². The average Bonchev–Trinajstić information content (AvgIpc) is 3.07. The summed E-state index contributed by atoms with van der Waals surface area (Å²) in [5, 5.41) is 15.0. The first-order valence-corrected chi connectivity index (χ1v) is 6.83. The van der Waals surface area contributed by atoms with Crippen molar-refractivity contribution in [2.45, 2.75) is 19.5 Å². The lowest BCUT2D eigenvalue weighted by atomic mass is 10.1. The van der Waals surface area contributed by atoms with Crippen LogP contribution >= 0.6 is 0 Å². The van der Waals surface area contributed by atoms with Crippen molar-refractivity contribution in [3.63, 3.8) is 0 Å². The number of nitrogens with one attached hydrogen (secondary N) is 2. The van der Waals surface area contributed by atoms with Gasteiger partial charge in [-0.05, 0) is 34.8 Å². The van der Waals surface area contributed by atoms with E-state index in [9.17, 15) is 13.6 Å². The van der Waals surface area contributed by atoms with E-state index in [1.165, 1.54) is 24.4 Å². The molecule has 128 valence electrons. The number of hydrogen-bond donors (Lipinski definition) is 2. The first-order valence-electron chi connectivity index (χ1n) is 6.83. The third-order valence-corrected chi connectivity index (χ3v) is 3.13. The van der Waals surface area contributed by atoms with Crippen LogP contribution in [-0.4, -0.2) is 16.1 Å². The van der Waals surface area contributed by atoms with Crippen LogP contribution < -0.4 is 5.32 Å². The number of alkyl halides is 2. The van der Waals surface area contributed by atoms with Crippen LogP contribution in [0.15, 0.2) is 34.6 Å². The molecule has 0 unspecified atom stereocenters. The Morgan fingerprint density at radius 2 is 2.12 bits per heavy atom. The predicted molar refractivity (Wildman–Crippen MR) is 82.8 cm³/mol.